The molecule has 86 valence electrons. The molecule has 1 aliphatic heterocycles. The second-order valence-electron chi connectivity index (χ2n) is 3.59. The standard InChI is InChI=1S/C12H12Cl2O2/c13-9-4-5-12(11(14)7-9)16-8-10-3-1-2-6-15-10/h2,4-7,10H,1,3,8H2. The highest BCUT2D eigenvalue weighted by molar-refractivity contribution is 6.35. The van der Waals surface area contributed by atoms with Crippen molar-refractivity contribution in [2.75, 3.05) is 6.61 Å². The van der Waals surface area contributed by atoms with Gasteiger partial charge in [-0.05, 0) is 37.1 Å². The van der Waals surface area contributed by atoms with Crippen LogP contribution >= 0.6 is 23.2 Å². The van der Waals surface area contributed by atoms with Gasteiger partial charge in [0.15, 0.2) is 0 Å². The first-order valence-electron chi connectivity index (χ1n) is 5.14. The Morgan fingerprint density at radius 1 is 1.38 bits per heavy atom. The minimum Gasteiger partial charge on any atom is -0.495 e. The highest BCUT2D eigenvalue weighted by Gasteiger charge is 2.12. The SMILES string of the molecule is Clc1ccc(OCC2CCC=CO2)c(Cl)c1. The Morgan fingerprint density at radius 3 is 2.94 bits per heavy atom. The van der Waals surface area contributed by atoms with Gasteiger partial charge in [0.25, 0.3) is 0 Å². The molecule has 1 atom stereocenters. The fraction of sp³-hybridized carbons (Fsp3) is 0.333. The molecule has 0 fully saturated rings. The molecule has 1 unspecified atom stereocenters. The van der Waals surface area contributed by atoms with E-state index in [0.29, 0.717) is 22.4 Å². The Kier molecular flexibility index (Phi) is 3.97. The van der Waals surface area contributed by atoms with E-state index in [9.17, 15) is 0 Å². The van der Waals surface area contributed by atoms with Gasteiger partial charge < -0.3 is 9.47 Å². The molecule has 0 bridgehead atoms. The van der Waals surface area contributed by atoms with Crippen molar-refractivity contribution in [3.63, 3.8) is 0 Å². The number of hydrogen-bond donors (Lipinski definition) is 0. The predicted molar refractivity (Wildman–Crippen MR) is 65.2 cm³/mol. The molecule has 1 aliphatic rings. The molecule has 1 heterocycles. The van der Waals surface area contributed by atoms with Crippen LogP contribution in [0.25, 0.3) is 0 Å². The second kappa shape index (κ2) is 5.46. The molecule has 0 saturated heterocycles. The Labute approximate surface area is 105 Å². The molecule has 2 nitrogen and oxygen atoms in total. The average molecular weight is 259 g/mol. The van der Waals surface area contributed by atoms with E-state index in [-0.39, 0.29) is 6.10 Å². The first-order valence-corrected chi connectivity index (χ1v) is 5.89. The van der Waals surface area contributed by atoms with Gasteiger partial charge in [-0.3, -0.25) is 0 Å². The maximum atomic E-state index is 5.98. The van der Waals surface area contributed by atoms with E-state index < -0.39 is 0 Å². The molecule has 0 amide bonds. The van der Waals surface area contributed by atoms with E-state index in [4.69, 9.17) is 32.7 Å². The van der Waals surface area contributed by atoms with Crippen LogP contribution in [0.3, 0.4) is 0 Å². The highest BCUT2D eigenvalue weighted by atomic mass is 35.5. The minimum absolute atomic E-state index is 0.108. The van der Waals surface area contributed by atoms with E-state index in [0.717, 1.165) is 12.8 Å². The third-order valence-corrected chi connectivity index (χ3v) is 2.87. The number of rotatable bonds is 3. The maximum absolute atomic E-state index is 5.98. The summed E-state index contributed by atoms with van der Waals surface area (Å²) in [5, 5.41) is 1.13. The van der Waals surface area contributed by atoms with Gasteiger partial charge >= 0.3 is 0 Å². The van der Waals surface area contributed by atoms with Crippen LogP contribution in [0.5, 0.6) is 5.75 Å². The van der Waals surface area contributed by atoms with Crippen molar-refractivity contribution >= 4 is 23.2 Å². The fourth-order valence-corrected chi connectivity index (χ4v) is 1.95. The summed E-state index contributed by atoms with van der Waals surface area (Å²) in [7, 11) is 0. The van der Waals surface area contributed by atoms with Crippen molar-refractivity contribution in [2.24, 2.45) is 0 Å². The van der Waals surface area contributed by atoms with Gasteiger partial charge in [-0.1, -0.05) is 23.2 Å². The summed E-state index contributed by atoms with van der Waals surface area (Å²) in [6, 6.07) is 5.19. The molecule has 4 heteroatoms. The monoisotopic (exact) mass is 258 g/mol. The van der Waals surface area contributed by atoms with Crippen LogP contribution in [-0.2, 0) is 4.74 Å². The first kappa shape index (κ1) is 11.6. The average Bonchev–Trinajstić information content (AvgIpc) is 2.29. The lowest BCUT2D eigenvalue weighted by molar-refractivity contribution is 0.0733. The molecule has 0 N–H and O–H groups in total. The molecule has 1 aromatic rings. The molecule has 16 heavy (non-hydrogen) atoms. The zero-order valence-corrected chi connectivity index (χ0v) is 10.2. The van der Waals surface area contributed by atoms with Crippen LogP contribution in [0.1, 0.15) is 12.8 Å². The lowest BCUT2D eigenvalue weighted by Crippen LogP contribution is -2.21. The van der Waals surface area contributed by atoms with Crippen LogP contribution in [0.15, 0.2) is 30.5 Å². The normalized spacial score (nSPS) is 19.2. The fourth-order valence-electron chi connectivity index (χ4n) is 1.48. The lowest BCUT2D eigenvalue weighted by Gasteiger charge is -2.19. The van der Waals surface area contributed by atoms with Gasteiger partial charge in [0.2, 0.25) is 0 Å². The summed E-state index contributed by atoms with van der Waals surface area (Å²) in [6.07, 6.45) is 5.84. The van der Waals surface area contributed by atoms with Crippen LogP contribution < -0.4 is 4.74 Å². The van der Waals surface area contributed by atoms with E-state index in [2.05, 4.69) is 0 Å². The third-order valence-electron chi connectivity index (χ3n) is 2.34. The van der Waals surface area contributed by atoms with Crippen molar-refractivity contribution in [2.45, 2.75) is 18.9 Å². The minimum atomic E-state index is 0.108. The van der Waals surface area contributed by atoms with Crippen molar-refractivity contribution in [3.8, 4) is 5.75 Å². The van der Waals surface area contributed by atoms with Crippen molar-refractivity contribution < 1.29 is 9.47 Å². The summed E-state index contributed by atoms with van der Waals surface area (Å²) in [5.41, 5.74) is 0. The predicted octanol–water partition coefficient (Wildman–Crippen LogP) is 4.06. The lowest BCUT2D eigenvalue weighted by atomic mass is 10.2. The summed E-state index contributed by atoms with van der Waals surface area (Å²) < 4.78 is 11.0. The van der Waals surface area contributed by atoms with Gasteiger partial charge in [-0.2, -0.15) is 0 Å². The molecular formula is C12H12Cl2O2. The van der Waals surface area contributed by atoms with Crippen molar-refractivity contribution in [1.82, 2.24) is 0 Å². The highest BCUT2D eigenvalue weighted by Crippen LogP contribution is 2.28. The molecule has 0 spiro atoms. The molecule has 0 saturated carbocycles. The van der Waals surface area contributed by atoms with Crippen molar-refractivity contribution in [3.05, 3.63) is 40.6 Å². The van der Waals surface area contributed by atoms with E-state index >= 15 is 0 Å². The number of allylic oxidation sites excluding steroid dienone is 1. The molecular weight excluding hydrogens is 247 g/mol. The molecule has 0 radical (unpaired) electrons. The maximum Gasteiger partial charge on any atom is 0.138 e. The molecule has 2 rings (SSSR count). The zero-order valence-electron chi connectivity index (χ0n) is 8.66. The molecule has 0 aliphatic carbocycles. The molecule has 1 aromatic carbocycles. The van der Waals surface area contributed by atoms with Gasteiger partial charge in [0, 0.05) is 5.02 Å². The largest absolute Gasteiger partial charge is 0.495 e. The summed E-state index contributed by atoms with van der Waals surface area (Å²) in [6.45, 7) is 0.506. The van der Waals surface area contributed by atoms with Gasteiger partial charge in [-0.25, -0.2) is 0 Å². The Balaban J connectivity index is 1.91. The first-order chi connectivity index (χ1) is 7.75. The van der Waals surface area contributed by atoms with Crippen LogP contribution in [0.4, 0.5) is 0 Å². The van der Waals surface area contributed by atoms with Gasteiger partial charge in [0.05, 0.1) is 11.3 Å². The topological polar surface area (TPSA) is 18.5 Å². The van der Waals surface area contributed by atoms with Gasteiger partial charge in [-0.15, -0.1) is 0 Å². The Hall–Kier alpha value is -0.860. The van der Waals surface area contributed by atoms with E-state index in [1.165, 1.54) is 0 Å². The summed E-state index contributed by atoms with van der Waals surface area (Å²) in [4.78, 5) is 0. The van der Waals surface area contributed by atoms with Crippen molar-refractivity contribution in [1.29, 1.82) is 0 Å². The van der Waals surface area contributed by atoms with E-state index in [1.54, 1.807) is 24.5 Å². The second-order valence-corrected chi connectivity index (χ2v) is 4.44. The van der Waals surface area contributed by atoms with Gasteiger partial charge in [0.1, 0.15) is 18.5 Å². The van der Waals surface area contributed by atoms with E-state index in [1.807, 2.05) is 6.08 Å². The quantitative estimate of drug-likeness (QED) is 0.814. The number of hydrogen-bond acceptors (Lipinski definition) is 2. The smallest absolute Gasteiger partial charge is 0.138 e. The number of ether oxygens (including phenoxy) is 2. The van der Waals surface area contributed by atoms with Crippen LogP contribution in [0.2, 0.25) is 10.0 Å². The third kappa shape index (κ3) is 3.06. The molecule has 0 aromatic heterocycles. The number of halogens is 2. The summed E-state index contributed by atoms with van der Waals surface area (Å²) in [5.74, 6) is 0.643. The number of benzene rings is 1. The Bertz CT molecular complexity index is 391. The Morgan fingerprint density at radius 2 is 2.25 bits per heavy atom. The zero-order chi connectivity index (χ0) is 11.4. The van der Waals surface area contributed by atoms with Crippen LogP contribution in [0, 0.1) is 0 Å². The van der Waals surface area contributed by atoms with Crippen LogP contribution in [-0.4, -0.2) is 12.7 Å². The summed E-state index contributed by atoms with van der Waals surface area (Å²) >= 11 is 11.8.